The van der Waals surface area contributed by atoms with Gasteiger partial charge >= 0.3 is 0 Å². The predicted molar refractivity (Wildman–Crippen MR) is 72.8 cm³/mol. The number of nitrogens with one attached hydrogen (secondary N) is 2. The lowest BCUT2D eigenvalue weighted by Crippen LogP contribution is -2.48. The SMILES string of the molecule is C#CCC(C)NC1CCCC1C1CCCCN1. The maximum absolute atomic E-state index is 5.38. The molecule has 4 atom stereocenters. The van der Waals surface area contributed by atoms with E-state index in [0.717, 1.165) is 18.4 Å². The Morgan fingerprint density at radius 3 is 2.88 bits per heavy atom. The van der Waals surface area contributed by atoms with Crippen LogP contribution in [0, 0.1) is 18.3 Å². The average molecular weight is 234 g/mol. The molecule has 96 valence electrons. The largest absolute Gasteiger partial charge is 0.314 e. The molecule has 2 nitrogen and oxygen atoms in total. The highest BCUT2D eigenvalue weighted by Crippen LogP contribution is 2.32. The molecule has 0 aromatic rings. The minimum atomic E-state index is 0.467. The van der Waals surface area contributed by atoms with Gasteiger partial charge in [-0.2, -0.15) is 0 Å². The van der Waals surface area contributed by atoms with Gasteiger partial charge in [0.2, 0.25) is 0 Å². The monoisotopic (exact) mass is 234 g/mol. The highest BCUT2D eigenvalue weighted by Gasteiger charge is 2.34. The summed E-state index contributed by atoms with van der Waals surface area (Å²) in [5.74, 6) is 3.59. The van der Waals surface area contributed by atoms with E-state index in [1.54, 1.807) is 0 Å². The summed E-state index contributed by atoms with van der Waals surface area (Å²) >= 11 is 0. The van der Waals surface area contributed by atoms with E-state index in [9.17, 15) is 0 Å². The van der Waals surface area contributed by atoms with E-state index < -0.39 is 0 Å². The number of rotatable bonds is 4. The van der Waals surface area contributed by atoms with Crippen molar-refractivity contribution in [3.8, 4) is 12.3 Å². The summed E-state index contributed by atoms with van der Waals surface area (Å²) in [4.78, 5) is 0. The van der Waals surface area contributed by atoms with E-state index in [2.05, 4.69) is 23.5 Å². The Morgan fingerprint density at radius 1 is 1.29 bits per heavy atom. The normalized spacial score (nSPS) is 35.4. The van der Waals surface area contributed by atoms with Crippen molar-refractivity contribution in [2.24, 2.45) is 5.92 Å². The molecule has 1 saturated heterocycles. The van der Waals surface area contributed by atoms with Gasteiger partial charge in [0.1, 0.15) is 0 Å². The van der Waals surface area contributed by atoms with Gasteiger partial charge in [-0.05, 0) is 45.1 Å². The maximum Gasteiger partial charge on any atom is 0.0238 e. The molecule has 0 aromatic carbocycles. The van der Waals surface area contributed by atoms with E-state index in [-0.39, 0.29) is 0 Å². The van der Waals surface area contributed by atoms with Gasteiger partial charge in [-0.1, -0.05) is 12.8 Å². The van der Waals surface area contributed by atoms with Crippen LogP contribution in [0.25, 0.3) is 0 Å². The third kappa shape index (κ3) is 3.47. The lowest BCUT2D eigenvalue weighted by atomic mass is 9.88. The smallest absolute Gasteiger partial charge is 0.0238 e. The summed E-state index contributed by atoms with van der Waals surface area (Å²) in [6, 6.07) is 1.91. The molecule has 2 aliphatic rings. The van der Waals surface area contributed by atoms with Gasteiger partial charge in [-0.15, -0.1) is 12.3 Å². The van der Waals surface area contributed by atoms with E-state index in [1.165, 1.54) is 45.1 Å². The van der Waals surface area contributed by atoms with Crippen LogP contribution in [0.4, 0.5) is 0 Å². The molecule has 4 unspecified atom stereocenters. The Labute approximate surface area is 106 Å². The highest BCUT2D eigenvalue weighted by molar-refractivity contribution is 4.95. The zero-order chi connectivity index (χ0) is 12.1. The molecule has 2 fully saturated rings. The minimum Gasteiger partial charge on any atom is -0.314 e. The Morgan fingerprint density at radius 2 is 2.18 bits per heavy atom. The Hall–Kier alpha value is -0.520. The fourth-order valence-electron chi connectivity index (χ4n) is 3.52. The third-order valence-electron chi connectivity index (χ3n) is 4.36. The summed E-state index contributed by atoms with van der Waals surface area (Å²) in [5.41, 5.74) is 0. The van der Waals surface area contributed by atoms with Gasteiger partial charge in [-0.3, -0.25) is 0 Å². The van der Waals surface area contributed by atoms with E-state index in [4.69, 9.17) is 6.42 Å². The highest BCUT2D eigenvalue weighted by atomic mass is 15.0. The van der Waals surface area contributed by atoms with Crippen LogP contribution in [-0.4, -0.2) is 24.7 Å². The first-order valence-electron chi connectivity index (χ1n) is 7.24. The van der Waals surface area contributed by atoms with Gasteiger partial charge in [0.05, 0.1) is 0 Å². The summed E-state index contributed by atoms with van der Waals surface area (Å²) in [5, 5.41) is 7.46. The summed E-state index contributed by atoms with van der Waals surface area (Å²) in [6.45, 7) is 3.43. The molecule has 2 N–H and O–H groups in total. The van der Waals surface area contributed by atoms with E-state index >= 15 is 0 Å². The van der Waals surface area contributed by atoms with Crippen molar-refractivity contribution in [1.82, 2.24) is 10.6 Å². The first kappa shape index (κ1) is 12.9. The quantitative estimate of drug-likeness (QED) is 0.729. The van der Waals surface area contributed by atoms with Gasteiger partial charge in [0.15, 0.2) is 0 Å². The summed E-state index contributed by atoms with van der Waals surface area (Å²) in [7, 11) is 0. The van der Waals surface area contributed by atoms with Crippen LogP contribution in [-0.2, 0) is 0 Å². The standard InChI is InChI=1S/C15H26N2/c1-3-7-12(2)17-15-10-6-8-13(15)14-9-4-5-11-16-14/h1,12-17H,4-11H2,2H3. The fourth-order valence-corrected chi connectivity index (χ4v) is 3.52. The van der Waals surface area contributed by atoms with Crippen LogP contribution >= 0.6 is 0 Å². The van der Waals surface area contributed by atoms with Crippen LogP contribution in [0.1, 0.15) is 51.9 Å². The van der Waals surface area contributed by atoms with Gasteiger partial charge < -0.3 is 10.6 Å². The van der Waals surface area contributed by atoms with Gasteiger partial charge in [-0.25, -0.2) is 0 Å². The Kier molecular flexibility index (Phi) is 4.88. The minimum absolute atomic E-state index is 0.467. The Balaban J connectivity index is 1.85. The Bertz CT molecular complexity index is 263. The maximum atomic E-state index is 5.38. The summed E-state index contributed by atoms with van der Waals surface area (Å²) in [6.07, 6.45) is 14.5. The number of hydrogen-bond donors (Lipinski definition) is 2. The van der Waals surface area contributed by atoms with Crippen molar-refractivity contribution >= 4 is 0 Å². The van der Waals surface area contributed by atoms with Crippen molar-refractivity contribution in [1.29, 1.82) is 0 Å². The van der Waals surface area contributed by atoms with Crippen LogP contribution in [0.5, 0.6) is 0 Å². The molecule has 1 aliphatic heterocycles. The second-order valence-corrected chi connectivity index (χ2v) is 5.73. The molecule has 17 heavy (non-hydrogen) atoms. The fraction of sp³-hybridized carbons (Fsp3) is 0.867. The zero-order valence-electron chi connectivity index (χ0n) is 11.0. The number of terminal acetylenes is 1. The second kappa shape index (κ2) is 6.42. The van der Waals surface area contributed by atoms with Crippen molar-refractivity contribution in [2.75, 3.05) is 6.54 Å². The van der Waals surface area contributed by atoms with Crippen LogP contribution in [0.15, 0.2) is 0 Å². The van der Waals surface area contributed by atoms with Gasteiger partial charge in [0, 0.05) is 24.5 Å². The first-order valence-corrected chi connectivity index (χ1v) is 7.24. The number of hydrogen-bond acceptors (Lipinski definition) is 2. The molecule has 0 radical (unpaired) electrons. The second-order valence-electron chi connectivity index (χ2n) is 5.73. The number of piperidine rings is 1. The topological polar surface area (TPSA) is 24.1 Å². The van der Waals surface area contributed by atoms with Crippen LogP contribution in [0.2, 0.25) is 0 Å². The molecule has 1 aliphatic carbocycles. The molecule has 2 heteroatoms. The molecular weight excluding hydrogens is 208 g/mol. The van der Waals surface area contributed by atoms with Crippen molar-refractivity contribution < 1.29 is 0 Å². The van der Waals surface area contributed by atoms with E-state index in [0.29, 0.717) is 12.1 Å². The molecule has 0 spiro atoms. The molecule has 1 saturated carbocycles. The van der Waals surface area contributed by atoms with E-state index in [1.807, 2.05) is 0 Å². The zero-order valence-corrected chi connectivity index (χ0v) is 11.0. The molecule has 0 aromatic heterocycles. The van der Waals surface area contributed by atoms with Crippen molar-refractivity contribution in [2.45, 2.75) is 70.0 Å². The van der Waals surface area contributed by atoms with Crippen LogP contribution < -0.4 is 10.6 Å². The molecule has 0 amide bonds. The van der Waals surface area contributed by atoms with Gasteiger partial charge in [0.25, 0.3) is 0 Å². The molecule has 1 heterocycles. The third-order valence-corrected chi connectivity index (χ3v) is 4.36. The van der Waals surface area contributed by atoms with Crippen LogP contribution in [0.3, 0.4) is 0 Å². The summed E-state index contributed by atoms with van der Waals surface area (Å²) < 4.78 is 0. The molecule has 2 rings (SSSR count). The van der Waals surface area contributed by atoms with Crippen molar-refractivity contribution in [3.63, 3.8) is 0 Å². The van der Waals surface area contributed by atoms with Crippen molar-refractivity contribution in [3.05, 3.63) is 0 Å². The lowest BCUT2D eigenvalue weighted by molar-refractivity contribution is 0.248. The molecule has 0 bridgehead atoms. The predicted octanol–water partition coefficient (Wildman–Crippen LogP) is 2.30. The lowest BCUT2D eigenvalue weighted by Gasteiger charge is -2.34. The average Bonchev–Trinajstić information content (AvgIpc) is 2.78. The first-order chi connectivity index (χ1) is 8.31. The molecular formula is C15H26N2.